The molecule has 0 bridgehead atoms. The standard InChI is InChI=1S/C30H22Cl.C2H7Si.2ClH.Zr/c1-2-19-17-27-23(24-11-5-6-16-29(24)31)13-8-15-25(27)30(19)26-14-7-12-22-21-10-4-3-9-20(21)18-28(22)26;1-3-2;;;/h3-13,15-17,30H,2,18H2,1H3;3H,1-2H3;2*1H;/q-1;;;;+3/p-2. The summed E-state index contributed by atoms with van der Waals surface area (Å²) in [4.78, 5) is 0. The van der Waals surface area contributed by atoms with Crippen LogP contribution in [0.4, 0.5) is 0 Å². The van der Waals surface area contributed by atoms with Crippen LogP contribution in [0.15, 0.2) is 84.4 Å². The minimum Gasteiger partial charge on any atom is -1.00 e. The van der Waals surface area contributed by atoms with Gasteiger partial charge in [0, 0.05) is 26.0 Å². The Balaban J connectivity index is 0.000000767. The second kappa shape index (κ2) is 14.1. The van der Waals surface area contributed by atoms with Crippen LogP contribution in [0.3, 0.4) is 0 Å². The SMILES string of the molecule is CCC1=Cc2c(-c3ccccc3Cl)cccc2C1c1[c-]ccc2c1Cc1ccccc1-2.C[SiH]C.[Cl-].[Cl-].[Zr+3]. The number of allylic oxidation sites excluding steroid dienone is 1. The summed E-state index contributed by atoms with van der Waals surface area (Å²) >= 11 is 6.59. The molecule has 2 aliphatic carbocycles. The summed E-state index contributed by atoms with van der Waals surface area (Å²) in [5, 5.41) is 0.799. The molecule has 5 heteroatoms. The van der Waals surface area contributed by atoms with Crippen LogP contribution in [0.1, 0.15) is 47.1 Å². The van der Waals surface area contributed by atoms with E-state index in [1.165, 1.54) is 50.1 Å². The van der Waals surface area contributed by atoms with Crippen LogP contribution in [0.25, 0.3) is 28.3 Å². The van der Waals surface area contributed by atoms with Gasteiger partial charge < -0.3 is 24.8 Å². The molecule has 0 aromatic heterocycles. The first-order chi connectivity index (χ1) is 16.7. The summed E-state index contributed by atoms with van der Waals surface area (Å²) in [5.41, 5.74) is 13.4. The second-order valence-electron chi connectivity index (χ2n) is 8.99. The van der Waals surface area contributed by atoms with E-state index in [9.17, 15) is 0 Å². The average molecular weight is 639 g/mol. The van der Waals surface area contributed by atoms with E-state index in [1.807, 2.05) is 12.1 Å². The van der Waals surface area contributed by atoms with Crippen molar-refractivity contribution in [2.24, 2.45) is 0 Å². The molecule has 186 valence electrons. The summed E-state index contributed by atoms with van der Waals surface area (Å²) in [6.07, 6.45) is 4.41. The van der Waals surface area contributed by atoms with E-state index >= 15 is 0 Å². The molecule has 0 amide bonds. The van der Waals surface area contributed by atoms with Gasteiger partial charge in [0.15, 0.2) is 0 Å². The molecule has 0 spiro atoms. The van der Waals surface area contributed by atoms with Crippen LogP contribution in [0, 0.1) is 6.07 Å². The fraction of sp³-hybridized carbons (Fsp3) is 0.188. The third kappa shape index (κ3) is 5.95. The largest absolute Gasteiger partial charge is 3.00 e. The minimum atomic E-state index is 0. The third-order valence-electron chi connectivity index (χ3n) is 6.83. The van der Waals surface area contributed by atoms with Crippen LogP contribution in [0.5, 0.6) is 0 Å². The molecule has 1 unspecified atom stereocenters. The van der Waals surface area contributed by atoms with Gasteiger partial charge >= 0.3 is 26.2 Å². The van der Waals surface area contributed by atoms with Gasteiger partial charge in [0.05, 0.1) is 0 Å². The van der Waals surface area contributed by atoms with E-state index in [4.69, 9.17) is 11.6 Å². The Morgan fingerprint density at radius 1 is 0.838 bits per heavy atom. The van der Waals surface area contributed by atoms with Crippen molar-refractivity contribution in [3.05, 3.63) is 123 Å². The molecule has 0 N–H and O–H groups in total. The predicted octanol–water partition coefficient (Wildman–Crippen LogP) is 2.84. The Labute approximate surface area is 260 Å². The molecule has 6 rings (SSSR count). The Bertz CT molecular complexity index is 1400. The number of rotatable bonds is 3. The molecular weight excluding hydrogens is 610 g/mol. The predicted molar refractivity (Wildman–Crippen MR) is 149 cm³/mol. The number of hydrogen-bond donors (Lipinski definition) is 0. The zero-order valence-electron chi connectivity index (χ0n) is 21.3. The van der Waals surface area contributed by atoms with Crippen molar-refractivity contribution in [3.8, 4) is 22.3 Å². The quantitative estimate of drug-likeness (QED) is 0.211. The summed E-state index contributed by atoms with van der Waals surface area (Å²) in [5.74, 6) is 0.256. The molecule has 4 aromatic carbocycles. The molecule has 0 saturated heterocycles. The van der Waals surface area contributed by atoms with Crippen molar-refractivity contribution in [2.75, 3.05) is 0 Å². The van der Waals surface area contributed by atoms with E-state index in [0.717, 1.165) is 32.9 Å². The molecule has 0 saturated carbocycles. The van der Waals surface area contributed by atoms with Gasteiger partial charge in [-0.25, -0.2) is 0 Å². The van der Waals surface area contributed by atoms with E-state index < -0.39 is 0 Å². The van der Waals surface area contributed by atoms with E-state index in [0.29, 0.717) is 0 Å². The van der Waals surface area contributed by atoms with Gasteiger partial charge in [-0.15, -0.1) is 16.7 Å². The molecule has 37 heavy (non-hydrogen) atoms. The van der Waals surface area contributed by atoms with Crippen molar-refractivity contribution in [3.63, 3.8) is 0 Å². The topological polar surface area (TPSA) is 0 Å². The Morgan fingerprint density at radius 2 is 1.49 bits per heavy atom. The summed E-state index contributed by atoms with van der Waals surface area (Å²) in [6, 6.07) is 31.6. The molecular formula is C32H29Cl3SiZr. The molecule has 0 aliphatic heterocycles. The van der Waals surface area contributed by atoms with Gasteiger partial charge in [-0.3, -0.25) is 0 Å². The first-order valence-electron chi connectivity index (χ1n) is 12.1. The second-order valence-corrected chi connectivity index (χ2v) is 10.6. The van der Waals surface area contributed by atoms with Gasteiger partial charge in [-0.05, 0) is 46.7 Å². The summed E-state index contributed by atoms with van der Waals surface area (Å²) in [7, 11) is 0.750. The van der Waals surface area contributed by atoms with Crippen molar-refractivity contribution in [2.45, 2.75) is 38.8 Å². The summed E-state index contributed by atoms with van der Waals surface area (Å²) < 4.78 is 0. The Kier molecular flexibility index (Phi) is 12.1. The zero-order valence-corrected chi connectivity index (χ0v) is 27.2. The molecule has 2 radical (unpaired) electrons. The van der Waals surface area contributed by atoms with Crippen molar-refractivity contribution in [1.29, 1.82) is 0 Å². The van der Waals surface area contributed by atoms with Crippen molar-refractivity contribution in [1.82, 2.24) is 0 Å². The maximum atomic E-state index is 6.59. The van der Waals surface area contributed by atoms with Crippen LogP contribution < -0.4 is 24.8 Å². The Hall–Kier alpha value is -1.41. The van der Waals surface area contributed by atoms with Gasteiger partial charge in [-0.2, -0.15) is 18.2 Å². The van der Waals surface area contributed by atoms with Crippen LogP contribution in [0.2, 0.25) is 18.1 Å². The molecule has 4 aromatic rings. The fourth-order valence-electron chi connectivity index (χ4n) is 5.40. The maximum absolute atomic E-state index is 6.59. The Morgan fingerprint density at radius 3 is 2.19 bits per heavy atom. The van der Waals surface area contributed by atoms with E-state index in [2.05, 4.69) is 98.9 Å². The zero-order chi connectivity index (χ0) is 23.7. The number of halogens is 3. The van der Waals surface area contributed by atoms with Gasteiger partial charge in [-0.1, -0.05) is 104 Å². The van der Waals surface area contributed by atoms with Crippen molar-refractivity contribution >= 4 is 27.2 Å². The number of benzene rings is 4. The monoisotopic (exact) mass is 636 g/mol. The first kappa shape index (κ1) is 31.8. The smallest absolute Gasteiger partial charge is 1.00 e. The molecule has 2 aliphatic rings. The van der Waals surface area contributed by atoms with E-state index in [-0.39, 0.29) is 56.9 Å². The van der Waals surface area contributed by atoms with Gasteiger partial charge in [0.1, 0.15) is 0 Å². The maximum Gasteiger partial charge on any atom is 3.00 e. The van der Waals surface area contributed by atoms with Crippen LogP contribution in [-0.4, -0.2) is 9.52 Å². The van der Waals surface area contributed by atoms with Crippen LogP contribution in [-0.2, 0) is 32.6 Å². The third-order valence-corrected chi connectivity index (χ3v) is 7.16. The fourth-order valence-corrected chi connectivity index (χ4v) is 5.64. The summed E-state index contributed by atoms with van der Waals surface area (Å²) in [6.45, 7) is 6.68. The molecule has 0 heterocycles. The molecule has 0 nitrogen and oxygen atoms in total. The normalized spacial score (nSPS) is 13.8. The van der Waals surface area contributed by atoms with Gasteiger partial charge in [0.25, 0.3) is 0 Å². The number of fused-ring (bicyclic) bond motifs is 4. The minimum absolute atomic E-state index is 0. The van der Waals surface area contributed by atoms with Gasteiger partial charge in [0.2, 0.25) is 0 Å². The average Bonchev–Trinajstić information content (AvgIpc) is 3.43. The molecule has 0 fully saturated rings. The molecule has 1 atom stereocenters. The first-order valence-corrected chi connectivity index (χ1v) is 14.8. The van der Waals surface area contributed by atoms with Crippen LogP contribution >= 0.6 is 11.6 Å². The van der Waals surface area contributed by atoms with Crippen molar-refractivity contribution < 1.29 is 51.0 Å². The van der Waals surface area contributed by atoms with E-state index in [1.54, 1.807) is 0 Å². The number of hydrogen-bond acceptors (Lipinski definition) is 0.